The van der Waals surface area contributed by atoms with Crippen molar-refractivity contribution in [3.05, 3.63) is 83.0 Å². The van der Waals surface area contributed by atoms with Gasteiger partial charge in [-0.3, -0.25) is 0 Å². The zero-order chi connectivity index (χ0) is 22.8. The molecule has 0 heterocycles. The first-order chi connectivity index (χ1) is 14.9. The van der Waals surface area contributed by atoms with E-state index in [1.807, 2.05) is 0 Å². The minimum absolute atomic E-state index is 0.452. The molecule has 167 valence electrons. The Morgan fingerprint density at radius 2 is 2.03 bits per heavy atom. The van der Waals surface area contributed by atoms with Gasteiger partial charge in [0.2, 0.25) is 0 Å². The van der Waals surface area contributed by atoms with Crippen LogP contribution in [0.2, 0.25) is 6.82 Å². The summed E-state index contributed by atoms with van der Waals surface area (Å²) in [6.07, 6.45) is 23.5. The summed E-state index contributed by atoms with van der Waals surface area (Å²) in [5.74, 6) is 1.54. The van der Waals surface area contributed by atoms with Crippen LogP contribution in [-0.4, -0.2) is 7.28 Å². The van der Waals surface area contributed by atoms with E-state index in [-0.39, 0.29) is 0 Å². The second-order valence-corrected chi connectivity index (χ2v) is 9.40. The average molecular weight is 415 g/mol. The van der Waals surface area contributed by atoms with Gasteiger partial charge in [0.05, 0.1) is 0 Å². The van der Waals surface area contributed by atoms with Gasteiger partial charge in [-0.15, -0.1) is 5.47 Å². The molecule has 0 nitrogen and oxygen atoms in total. The largest absolute Gasteiger partial charge is 0.141 e. The van der Waals surface area contributed by atoms with Crippen LogP contribution < -0.4 is 0 Å². The third kappa shape index (κ3) is 7.13. The topological polar surface area (TPSA) is 0 Å². The molecule has 0 N–H and O–H groups in total. The van der Waals surface area contributed by atoms with Crippen LogP contribution >= 0.6 is 0 Å². The first-order valence-corrected chi connectivity index (χ1v) is 12.5. The molecule has 0 aromatic rings. The Hall–Kier alpha value is -1.76. The molecular formula is C30H44B. The molecule has 1 radical (unpaired) electrons. The highest BCUT2D eigenvalue weighted by Gasteiger charge is 2.33. The molecule has 0 fully saturated rings. The van der Waals surface area contributed by atoms with Crippen LogP contribution in [0.4, 0.5) is 0 Å². The molecule has 2 rings (SSSR count). The van der Waals surface area contributed by atoms with Gasteiger partial charge in [0, 0.05) is 5.92 Å². The maximum atomic E-state index is 4.58. The van der Waals surface area contributed by atoms with Crippen LogP contribution in [0.3, 0.4) is 0 Å². The minimum atomic E-state index is 0.452. The van der Waals surface area contributed by atoms with E-state index in [1.165, 1.54) is 47.0 Å². The van der Waals surface area contributed by atoms with Crippen molar-refractivity contribution >= 4 is 7.28 Å². The zero-order valence-electron chi connectivity index (χ0n) is 20.8. The van der Waals surface area contributed by atoms with Gasteiger partial charge in [0.1, 0.15) is 7.28 Å². The van der Waals surface area contributed by atoms with Gasteiger partial charge in [0.25, 0.3) is 0 Å². The number of allylic oxidation sites excluding steroid dienone is 12. The standard InChI is InChI=1S/C30H44B/c1-8-10-17-26(14-9-2)24(5)30-21-27(20-22(3)15-13-16-23(4)31-7)29-19-12-11-18-28(29)25(30)6/h11-12,14,16,18,21,24,27,29H,3,6,8-10,13,15,17,19-20H2,1-2,4-5,7H3/b23-16+,26-14+. The van der Waals surface area contributed by atoms with Crippen LogP contribution in [0, 0.1) is 17.8 Å². The van der Waals surface area contributed by atoms with Crippen molar-refractivity contribution in [2.24, 2.45) is 17.8 Å². The molecule has 0 aromatic heterocycles. The van der Waals surface area contributed by atoms with E-state index in [1.54, 1.807) is 5.57 Å². The molecule has 2 aliphatic carbocycles. The fraction of sp³-hybridized carbons (Fsp3) is 0.533. The van der Waals surface area contributed by atoms with E-state index in [9.17, 15) is 0 Å². The summed E-state index contributed by atoms with van der Waals surface area (Å²) in [6, 6.07) is 0. The minimum Gasteiger partial charge on any atom is -0.116 e. The van der Waals surface area contributed by atoms with Gasteiger partial charge < -0.3 is 0 Å². The summed E-state index contributed by atoms with van der Waals surface area (Å²) < 4.78 is 0. The number of hydrogen-bond donors (Lipinski definition) is 0. The summed E-state index contributed by atoms with van der Waals surface area (Å²) >= 11 is 0. The maximum Gasteiger partial charge on any atom is 0.141 e. The Morgan fingerprint density at radius 3 is 2.71 bits per heavy atom. The van der Waals surface area contributed by atoms with Gasteiger partial charge in [-0.2, -0.15) is 0 Å². The molecule has 3 unspecified atom stereocenters. The number of hydrogen-bond acceptors (Lipinski definition) is 0. The third-order valence-corrected chi connectivity index (χ3v) is 7.06. The van der Waals surface area contributed by atoms with E-state index in [0.717, 1.165) is 32.1 Å². The van der Waals surface area contributed by atoms with E-state index in [0.29, 0.717) is 17.8 Å². The first-order valence-electron chi connectivity index (χ1n) is 12.5. The van der Waals surface area contributed by atoms with Crippen LogP contribution in [0.5, 0.6) is 0 Å². The molecule has 0 aliphatic heterocycles. The van der Waals surface area contributed by atoms with Gasteiger partial charge in [-0.25, -0.2) is 0 Å². The Balaban J connectivity index is 2.25. The summed E-state index contributed by atoms with van der Waals surface area (Å²) in [6.45, 7) is 20.3. The summed E-state index contributed by atoms with van der Waals surface area (Å²) in [5, 5.41) is 0. The van der Waals surface area contributed by atoms with Gasteiger partial charge >= 0.3 is 0 Å². The van der Waals surface area contributed by atoms with Crippen molar-refractivity contribution in [3.8, 4) is 0 Å². The van der Waals surface area contributed by atoms with Crippen LogP contribution in [-0.2, 0) is 0 Å². The normalized spacial score (nSPS) is 22.5. The maximum absolute atomic E-state index is 4.58. The van der Waals surface area contributed by atoms with Crippen LogP contribution in [0.15, 0.2) is 83.0 Å². The van der Waals surface area contributed by atoms with Gasteiger partial charge in [0.15, 0.2) is 0 Å². The third-order valence-electron chi connectivity index (χ3n) is 7.06. The summed E-state index contributed by atoms with van der Waals surface area (Å²) in [5.41, 5.74) is 8.54. The van der Waals surface area contributed by atoms with Crippen molar-refractivity contribution in [2.45, 2.75) is 85.9 Å². The smallest absolute Gasteiger partial charge is 0.116 e. The lowest BCUT2D eigenvalue weighted by Gasteiger charge is -2.38. The Kier molecular flexibility index (Phi) is 10.7. The first kappa shape index (κ1) is 25.5. The second kappa shape index (κ2) is 12.9. The lowest BCUT2D eigenvalue weighted by atomic mass is 9.66. The lowest BCUT2D eigenvalue weighted by molar-refractivity contribution is 0.433. The van der Waals surface area contributed by atoms with Crippen molar-refractivity contribution in [1.82, 2.24) is 0 Å². The van der Waals surface area contributed by atoms with E-state index in [2.05, 4.69) is 91.4 Å². The molecule has 0 saturated carbocycles. The van der Waals surface area contributed by atoms with Crippen molar-refractivity contribution < 1.29 is 0 Å². The summed E-state index contributed by atoms with van der Waals surface area (Å²) in [7, 11) is 2.18. The van der Waals surface area contributed by atoms with E-state index in [4.69, 9.17) is 0 Å². The van der Waals surface area contributed by atoms with Gasteiger partial charge in [-0.05, 0) is 73.5 Å². The number of rotatable bonds is 12. The molecule has 0 aromatic carbocycles. The predicted molar refractivity (Wildman–Crippen MR) is 141 cm³/mol. The quantitative estimate of drug-likeness (QED) is 0.220. The van der Waals surface area contributed by atoms with Crippen molar-refractivity contribution in [2.75, 3.05) is 0 Å². The highest BCUT2D eigenvalue weighted by atomic mass is 14.4. The SMILES string of the molecule is C=C(CC/C=C(\C)[B]C)CC1C=C(C(C)/C(=C/CC)CCCC)C(=C)C2=CC=CCC21. The molecule has 0 spiro atoms. The molecule has 0 bridgehead atoms. The predicted octanol–water partition coefficient (Wildman–Crippen LogP) is 9.15. The Bertz CT molecular complexity index is 783. The monoisotopic (exact) mass is 415 g/mol. The van der Waals surface area contributed by atoms with Crippen molar-refractivity contribution in [3.63, 3.8) is 0 Å². The molecule has 2 aliphatic rings. The van der Waals surface area contributed by atoms with Crippen LogP contribution in [0.25, 0.3) is 0 Å². The second-order valence-electron chi connectivity index (χ2n) is 9.40. The zero-order valence-corrected chi connectivity index (χ0v) is 20.8. The Labute approximate surface area is 193 Å². The Morgan fingerprint density at radius 1 is 1.26 bits per heavy atom. The average Bonchev–Trinajstić information content (AvgIpc) is 2.78. The molecular weight excluding hydrogens is 371 g/mol. The molecule has 3 atom stereocenters. The number of unbranched alkanes of at least 4 members (excludes halogenated alkanes) is 1. The molecule has 1 heteroatoms. The fourth-order valence-corrected chi connectivity index (χ4v) is 4.99. The highest BCUT2D eigenvalue weighted by molar-refractivity contribution is 6.43. The summed E-state index contributed by atoms with van der Waals surface area (Å²) in [4.78, 5) is 0. The van der Waals surface area contributed by atoms with E-state index < -0.39 is 0 Å². The molecule has 0 amide bonds. The number of fused-ring (bicyclic) bond motifs is 1. The van der Waals surface area contributed by atoms with E-state index >= 15 is 0 Å². The fourth-order valence-electron chi connectivity index (χ4n) is 4.99. The highest BCUT2D eigenvalue weighted by Crippen LogP contribution is 2.46. The molecule has 0 saturated heterocycles. The van der Waals surface area contributed by atoms with Crippen molar-refractivity contribution in [1.29, 1.82) is 0 Å². The molecule has 31 heavy (non-hydrogen) atoms. The van der Waals surface area contributed by atoms with Crippen LogP contribution in [0.1, 0.15) is 79.1 Å². The lowest BCUT2D eigenvalue weighted by Crippen LogP contribution is -2.25. The van der Waals surface area contributed by atoms with Gasteiger partial charge in [-0.1, -0.05) is 102 Å².